The number of rotatable bonds is 3. The van der Waals surface area contributed by atoms with E-state index in [4.69, 9.17) is 27.9 Å². The molecule has 2 unspecified atom stereocenters. The number of carbonyl (C=O) groups is 1. The molecule has 0 aliphatic heterocycles. The highest BCUT2D eigenvalue weighted by atomic mass is 35.5. The van der Waals surface area contributed by atoms with Gasteiger partial charge in [-0.3, -0.25) is 0 Å². The molecule has 1 aromatic heterocycles. The molecular weight excluding hydrogens is 351 g/mol. The molecule has 1 fully saturated rings. The number of alkyl carbamates (subject to hydrolysis) is 1. The molecule has 2 N–H and O–H groups in total. The largest absolute Gasteiger partial charge is 0.444 e. The Morgan fingerprint density at radius 2 is 1.92 bits per heavy atom. The van der Waals surface area contributed by atoms with Crippen LogP contribution in [-0.4, -0.2) is 33.7 Å². The highest BCUT2D eigenvalue weighted by Gasteiger charge is 2.25. The van der Waals surface area contributed by atoms with E-state index in [0.717, 1.165) is 32.1 Å². The Kier molecular flexibility index (Phi) is 6.52. The Labute approximate surface area is 152 Å². The number of anilines is 1. The molecule has 1 aliphatic carbocycles. The Balaban J connectivity index is 1.96. The monoisotopic (exact) mass is 374 g/mol. The molecule has 2 atom stereocenters. The van der Waals surface area contributed by atoms with E-state index in [1.165, 1.54) is 6.20 Å². The molecular formula is C16H24Cl2N4O2. The predicted molar refractivity (Wildman–Crippen MR) is 95.7 cm³/mol. The van der Waals surface area contributed by atoms with Crippen LogP contribution in [0, 0.1) is 0 Å². The zero-order valence-corrected chi connectivity index (χ0v) is 15.7. The average Bonchev–Trinajstić information content (AvgIpc) is 2.66. The molecule has 134 valence electrons. The maximum atomic E-state index is 12.0. The topological polar surface area (TPSA) is 76.1 Å². The molecule has 8 heteroatoms. The third-order valence-electron chi connectivity index (χ3n) is 3.70. The number of nitrogens with zero attached hydrogens (tertiary/aromatic N) is 2. The molecule has 0 saturated heterocycles. The summed E-state index contributed by atoms with van der Waals surface area (Å²) in [6.07, 6.45) is 5.90. The molecule has 1 aliphatic rings. The molecule has 0 bridgehead atoms. The predicted octanol–water partition coefficient (Wildman–Crippen LogP) is 4.42. The van der Waals surface area contributed by atoms with Crippen molar-refractivity contribution in [3.63, 3.8) is 0 Å². The number of nitrogens with one attached hydrogen (secondary N) is 2. The van der Waals surface area contributed by atoms with Gasteiger partial charge in [0.25, 0.3) is 0 Å². The first-order valence-corrected chi connectivity index (χ1v) is 8.92. The lowest BCUT2D eigenvalue weighted by atomic mass is 10.1. The van der Waals surface area contributed by atoms with Gasteiger partial charge in [0, 0.05) is 12.1 Å². The van der Waals surface area contributed by atoms with Gasteiger partial charge in [-0.05, 0) is 51.6 Å². The van der Waals surface area contributed by atoms with Crippen molar-refractivity contribution >= 4 is 35.1 Å². The van der Waals surface area contributed by atoms with Crippen molar-refractivity contribution in [1.29, 1.82) is 0 Å². The number of amides is 1. The molecule has 0 aromatic carbocycles. The van der Waals surface area contributed by atoms with E-state index in [1.807, 2.05) is 20.8 Å². The van der Waals surface area contributed by atoms with Gasteiger partial charge >= 0.3 is 6.09 Å². The second-order valence-electron chi connectivity index (χ2n) is 7.04. The lowest BCUT2D eigenvalue weighted by Gasteiger charge is -2.25. The highest BCUT2D eigenvalue weighted by Crippen LogP contribution is 2.25. The SMILES string of the molecule is CC(C)(C)OC(=O)NC1CCCCC(Nc2nc(Cl)ncc2Cl)C1. The van der Waals surface area contributed by atoms with Crippen LogP contribution in [0.4, 0.5) is 10.6 Å². The van der Waals surface area contributed by atoms with Gasteiger partial charge in [-0.25, -0.2) is 9.78 Å². The van der Waals surface area contributed by atoms with Crippen LogP contribution in [0.3, 0.4) is 0 Å². The lowest BCUT2D eigenvalue weighted by molar-refractivity contribution is 0.0499. The van der Waals surface area contributed by atoms with Crippen molar-refractivity contribution in [2.45, 2.75) is 70.6 Å². The fraction of sp³-hybridized carbons (Fsp3) is 0.688. The lowest BCUT2D eigenvalue weighted by Crippen LogP contribution is -2.41. The Bertz CT molecular complexity index is 578. The first-order chi connectivity index (χ1) is 11.2. The van der Waals surface area contributed by atoms with Gasteiger partial charge in [-0.1, -0.05) is 24.4 Å². The summed E-state index contributed by atoms with van der Waals surface area (Å²) in [5, 5.41) is 6.87. The van der Waals surface area contributed by atoms with E-state index in [-0.39, 0.29) is 23.5 Å². The number of hydrogen-bond acceptors (Lipinski definition) is 5. The summed E-state index contributed by atoms with van der Waals surface area (Å²) in [5.41, 5.74) is -0.502. The summed E-state index contributed by atoms with van der Waals surface area (Å²) < 4.78 is 5.34. The summed E-state index contributed by atoms with van der Waals surface area (Å²) in [6.45, 7) is 5.56. The van der Waals surface area contributed by atoms with E-state index >= 15 is 0 Å². The molecule has 1 saturated carbocycles. The van der Waals surface area contributed by atoms with Crippen LogP contribution in [0.25, 0.3) is 0 Å². The Morgan fingerprint density at radius 3 is 2.58 bits per heavy atom. The molecule has 0 radical (unpaired) electrons. The Morgan fingerprint density at radius 1 is 1.25 bits per heavy atom. The van der Waals surface area contributed by atoms with Gasteiger partial charge in [0.05, 0.1) is 6.20 Å². The minimum atomic E-state index is -0.502. The molecule has 0 spiro atoms. The fourth-order valence-electron chi connectivity index (χ4n) is 2.74. The molecule has 1 heterocycles. The van der Waals surface area contributed by atoms with E-state index < -0.39 is 5.60 Å². The summed E-state index contributed by atoms with van der Waals surface area (Å²) in [7, 11) is 0. The van der Waals surface area contributed by atoms with E-state index in [2.05, 4.69) is 20.6 Å². The second-order valence-corrected chi connectivity index (χ2v) is 7.79. The minimum absolute atomic E-state index is 0.0518. The minimum Gasteiger partial charge on any atom is -0.444 e. The van der Waals surface area contributed by atoms with Crippen molar-refractivity contribution in [2.75, 3.05) is 5.32 Å². The molecule has 1 aromatic rings. The fourth-order valence-corrected chi connectivity index (χ4v) is 3.02. The van der Waals surface area contributed by atoms with Gasteiger partial charge in [0.15, 0.2) is 0 Å². The van der Waals surface area contributed by atoms with Crippen LogP contribution < -0.4 is 10.6 Å². The van der Waals surface area contributed by atoms with Crippen molar-refractivity contribution in [1.82, 2.24) is 15.3 Å². The third kappa shape index (κ3) is 6.32. The van der Waals surface area contributed by atoms with Crippen molar-refractivity contribution in [2.24, 2.45) is 0 Å². The first kappa shape index (κ1) is 19.1. The standard InChI is InChI=1S/C16H24Cl2N4O2/c1-16(2,3)24-15(23)21-11-7-5-4-6-10(8-11)20-13-12(17)9-19-14(18)22-13/h9-11H,4-8H2,1-3H3,(H,21,23)(H,19,20,22). The maximum absolute atomic E-state index is 12.0. The smallest absolute Gasteiger partial charge is 0.407 e. The van der Waals surface area contributed by atoms with Crippen LogP contribution in [-0.2, 0) is 4.74 Å². The number of hydrogen-bond donors (Lipinski definition) is 2. The van der Waals surface area contributed by atoms with Crippen molar-refractivity contribution < 1.29 is 9.53 Å². The zero-order valence-electron chi connectivity index (χ0n) is 14.2. The number of aromatic nitrogens is 2. The van der Waals surface area contributed by atoms with Gasteiger partial charge < -0.3 is 15.4 Å². The van der Waals surface area contributed by atoms with Gasteiger partial charge in [0.2, 0.25) is 5.28 Å². The highest BCUT2D eigenvalue weighted by molar-refractivity contribution is 6.33. The van der Waals surface area contributed by atoms with E-state index in [1.54, 1.807) is 0 Å². The normalized spacial score (nSPS) is 21.7. The number of carbonyl (C=O) groups excluding carboxylic acids is 1. The molecule has 1 amide bonds. The van der Waals surface area contributed by atoms with Crippen LogP contribution in [0.15, 0.2) is 6.20 Å². The van der Waals surface area contributed by atoms with Crippen LogP contribution in [0.2, 0.25) is 10.3 Å². The zero-order chi connectivity index (χ0) is 17.7. The number of ether oxygens (including phenoxy) is 1. The van der Waals surface area contributed by atoms with Crippen LogP contribution in [0.1, 0.15) is 52.9 Å². The summed E-state index contributed by atoms with van der Waals surface area (Å²) in [6, 6.07) is 0.201. The second kappa shape index (κ2) is 8.21. The summed E-state index contributed by atoms with van der Waals surface area (Å²) >= 11 is 11.9. The van der Waals surface area contributed by atoms with Crippen LogP contribution in [0.5, 0.6) is 0 Å². The van der Waals surface area contributed by atoms with E-state index in [0.29, 0.717) is 10.8 Å². The van der Waals surface area contributed by atoms with Gasteiger partial charge in [-0.2, -0.15) is 4.98 Å². The summed E-state index contributed by atoms with van der Waals surface area (Å²) in [5.74, 6) is 0.527. The average molecular weight is 375 g/mol. The van der Waals surface area contributed by atoms with Crippen molar-refractivity contribution in [3.05, 3.63) is 16.5 Å². The first-order valence-electron chi connectivity index (χ1n) is 8.17. The Hall–Kier alpha value is -1.27. The summed E-state index contributed by atoms with van der Waals surface area (Å²) in [4.78, 5) is 20.0. The quantitative estimate of drug-likeness (QED) is 0.604. The molecule has 6 nitrogen and oxygen atoms in total. The molecule has 2 rings (SSSR count). The van der Waals surface area contributed by atoms with E-state index in [9.17, 15) is 4.79 Å². The van der Waals surface area contributed by atoms with Gasteiger partial charge in [0.1, 0.15) is 16.4 Å². The molecule has 24 heavy (non-hydrogen) atoms. The third-order valence-corrected chi connectivity index (χ3v) is 4.16. The van der Waals surface area contributed by atoms with Gasteiger partial charge in [-0.15, -0.1) is 0 Å². The maximum Gasteiger partial charge on any atom is 0.407 e. The van der Waals surface area contributed by atoms with Crippen LogP contribution >= 0.6 is 23.2 Å². The van der Waals surface area contributed by atoms with Crippen molar-refractivity contribution in [3.8, 4) is 0 Å². The number of halogens is 2.